The standard InChI is InChI=1S/C16H20BrNOS/c1-3-18-16(7-4-12-8-9-20-11-12)14-10-13(19-2)5-6-15(14)17/h5-6,8-11,16,18H,3-4,7H2,1-2H3. The highest BCUT2D eigenvalue weighted by Crippen LogP contribution is 2.30. The normalized spacial score (nSPS) is 12.3. The molecule has 0 saturated carbocycles. The Morgan fingerprint density at radius 1 is 1.35 bits per heavy atom. The monoisotopic (exact) mass is 353 g/mol. The van der Waals surface area contributed by atoms with E-state index in [4.69, 9.17) is 4.74 Å². The summed E-state index contributed by atoms with van der Waals surface area (Å²) < 4.78 is 6.48. The first kappa shape index (κ1) is 15.5. The van der Waals surface area contributed by atoms with Gasteiger partial charge in [0.25, 0.3) is 0 Å². The molecule has 108 valence electrons. The van der Waals surface area contributed by atoms with Crippen molar-refractivity contribution < 1.29 is 4.74 Å². The van der Waals surface area contributed by atoms with Crippen LogP contribution < -0.4 is 10.1 Å². The molecule has 1 N–H and O–H groups in total. The van der Waals surface area contributed by atoms with E-state index in [0.29, 0.717) is 6.04 Å². The fourth-order valence-electron chi connectivity index (χ4n) is 2.28. The van der Waals surface area contributed by atoms with Crippen molar-refractivity contribution >= 4 is 27.3 Å². The lowest BCUT2D eigenvalue weighted by Gasteiger charge is -2.20. The molecule has 20 heavy (non-hydrogen) atoms. The molecular formula is C16H20BrNOS. The van der Waals surface area contributed by atoms with Gasteiger partial charge in [0.05, 0.1) is 7.11 Å². The molecule has 0 fully saturated rings. The van der Waals surface area contributed by atoms with Crippen molar-refractivity contribution in [2.24, 2.45) is 0 Å². The zero-order chi connectivity index (χ0) is 14.4. The summed E-state index contributed by atoms with van der Waals surface area (Å²) in [5.41, 5.74) is 2.68. The van der Waals surface area contributed by atoms with Gasteiger partial charge in [-0.3, -0.25) is 0 Å². The van der Waals surface area contributed by atoms with Crippen LogP contribution in [0.2, 0.25) is 0 Å². The number of nitrogens with one attached hydrogen (secondary N) is 1. The third kappa shape index (κ3) is 4.08. The summed E-state index contributed by atoms with van der Waals surface area (Å²) in [4.78, 5) is 0. The van der Waals surface area contributed by atoms with Gasteiger partial charge in [-0.25, -0.2) is 0 Å². The first-order valence-corrected chi connectivity index (χ1v) is 8.56. The molecule has 0 spiro atoms. The molecule has 0 saturated heterocycles. The van der Waals surface area contributed by atoms with Crippen molar-refractivity contribution in [2.75, 3.05) is 13.7 Å². The van der Waals surface area contributed by atoms with Crippen molar-refractivity contribution in [3.05, 3.63) is 50.6 Å². The molecule has 1 heterocycles. The molecule has 0 bridgehead atoms. The van der Waals surface area contributed by atoms with E-state index in [9.17, 15) is 0 Å². The Balaban J connectivity index is 2.14. The molecular weight excluding hydrogens is 334 g/mol. The highest BCUT2D eigenvalue weighted by molar-refractivity contribution is 9.10. The summed E-state index contributed by atoms with van der Waals surface area (Å²) in [6.45, 7) is 3.10. The number of hydrogen-bond acceptors (Lipinski definition) is 3. The number of methoxy groups -OCH3 is 1. The molecule has 2 nitrogen and oxygen atoms in total. The predicted molar refractivity (Wildman–Crippen MR) is 89.8 cm³/mol. The summed E-state index contributed by atoms with van der Waals surface area (Å²) in [6, 6.07) is 8.70. The van der Waals surface area contributed by atoms with Gasteiger partial charge in [0, 0.05) is 10.5 Å². The second kappa shape index (κ2) is 7.81. The SMILES string of the molecule is CCNC(CCc1ccsc1)c1cc(OC)ccc1Br. The molecule has 0 aliphatic carbocycles. The van der Waals surface area contributed by atoms with Crippen molar-refractivity contribution in [3.8, 4) is 5.75 Å². The molecule has 0 aliphatic rings. The van der Waals surface area contributed by atoms with Gasteiger partial charge >= 0.3 is 0 Å². The highest BCUT2D eigenvalue weighted by atomic mass is 79.9. The van der Waals surface area contributed by atoms with Gasteiger partial charge in [0.2, 0.25) is 0 Å². The Labute approximate surface area is 133 Å². The molecule has 0 amide bonds. The van der Waals surface area contributed by atoms with Crippen LogP contribution in [0.4, 0.5) is 0 Å². The first-order chi connectivity index (χ1) is 9.74. The number of rotatable bonds is 7. The third-order valence-corrected chi connectivity index (χ3v) is 4.79. The van der Waals surface area contributed by atoms with E-state index in [1.165, 1.54) is 11.1 Å². The second-order valence-electron chi connectivity index (χ2n) is 4.67. The first-order valence-electron chi connectivity index (χ1n) is 6.82. The van der Waals surface area contributed by atoms with Crippen LogP contribution in [-0.2, 0) is 6.42 Å². The molecule has 1 aromatic carbocycles. The topological polar surface area (TPSA) is 21.3 Å². The molecule has 0 radical (unpaired) electrons. The van der Waals surface area contributed by atoms with Gasteiger partial charge in [-0.15, -0.1) is 0 Å². The van der Waals surface area contributed by atoms with Crippen molar-refractivity contribution in [1.29, 1.82) is 0 Å². The number of aryl methyl sites for hydroxylation is 1. The van der Waals surface area contributed by atoms with Crippen molar-refractivity contribution in [2.45, 2.75) is 25.8 Å². The maximum Gasteiger partial charge on any atom is 0.119 e. The van der Waals surface area contributed by atoms with Crippen molar-refractivity contribution in [3.63, 3.8) is 0 Å². The lowest BCUT2D eigenvalue weighted by atomic mass is 9.99. The third-order valence-electron chi connectivity index (χ3n) is 3.33. The number of benzene rings is 1. The number of ether oxygens (including phenoxy) is 1. The van der Waals surface area contributed by atoms with E-state index in [1.54, 1.807) is 18.4 Å². The van der Waals surface area contributed by atoms with Crippen LogP contribution in [0.15, 0.2) is 39.5 Å². The molecule has 0 aliphatic heterocycles. The van der Waals surface area contributed by atoms with Crippen LogP contribution in [0.1, 0.15) is 30.5 Å². The minimum atomic E-state index is 0.337. The summed E-state index contributed by atoms with van der Waals surface area (Å²) in [7, 11) is 1.71. The molecule has 2 rings (SSSR count). The number of hydrogen-bond donors (Lipinski definition) is 1. The number of thiophene rings is 1. The quantitative estimate of drug-likeness (QED) is 0.771. The maximum absolute atomic E-state index is 5.34. The Hall–Kier alpha value is -0.840. The number of halogens is 1. The Morgan fingerprint density at radius 3 is 2.85 bits per heavy atom. The zero-order valence-electron chi connectivity index (χ0n) is 11.9. The Bertz CT molecular complexity index is 527. The molecule has 4 heteroatoms. The average Bonchev–Trinajstić information content (AvgIpc) is 2.97. The fraction of sp³-hybridized carbons (Fsp3) is 0.375. The molecule has 2 aromatic rings. The largest absolute Gasteiger partial charge is 0.497 e. The highest BCUT2D eigenvalue weighted by Gasteiger charge is 2.14. The lowest BCUT2D eigenvalue weighted by molar-refractivity contribution is 0.412. The second-order valence-corrected chi connectivity index (χ2v) is 6.30. The molecule has 1 atom stereocenters. The average molecular weight is 354 g/mol. The Kier molecular flexibility index (Phi) is 6.07. The van der Waals surface area contributed by atoms with Crippen LogP contribution in [0.3, 0.4) is 0 Å². The van der Waals surface area contributed by atoms with E-state index in [1.807, 2.05) is 6.07 Å². The fourth-order valence-corrected chi connectivity index (χ4v) is 3.50. The van der Waals surface area contributed by atoms with E-state index < -0.39 is 0 Å². The minimum Gasteiger partial charge on any atom is -0.497 e. The van der Waals surface area contributed by atoms with Gasteiger partial charge in [0.1, 0.15) is 5.75 Å². The van der Waals surface area contributed by atoms with Crippen LogP contribution in [-0.4, -0.2) is 13.7 Å². The minimum absolute atomic E-state index is 0.337. The van der Waals surface area contributed by atoms with Gasteiger partial charge < -0.3 is 10.1 Å². The summed E-state index contributed by atoms with van der Waals surface area (Å²) in [6.07, 6.45) is 2.17. The van der Waals surface area contributed by atoms with E-state index >= 15 is 0 Å². The van der Waals surface area contributed by atoms with Crippen LogP contribution in [0.25, 0.3) is 0 Å². The molecule has 1 unspecified atom stereocenters. The van der Waals surface area contributed by atoms with Crippen LogP contribution >= 0.6 is 27.3 Å². The summed E-state index contributed by atoms with van der Waals surface area (Å²) >= 11 is 5.42. The summed E-state index contributed by atoms with van der Waals surface area (Å²) in [5.74, 6) is 0.904. The van der Waals surface area contributed by atoms with E-state index in [0.717, 1.165) is 29.6 Å². The van der Waals surface area contributed by atoms with Crippen molar-refractivity contribution in [1.82, 2.24) is 5.32 Å². The zero-order valence-corrected chi connectivity index (χ0v) is 14.3. The van der Waals surface area contributed by atoms with Gasteiger partial charge in [-0.2, -0.15) is 11.3 Å². The maximum atomic E-state index is 5.34. The molecule has 1 aromatic heterocycles. The smallest absolute Gasteiger partial charge is 0.119 e. The van der Waals surface area contributed by atoms with E-state index in [-0.39, 0.29) is 0 Å². The van der Waals surface area contributed by atoms with E-state index in [2.05, 4.69) is 57.1 Å². The lowest BCUT2D eigenvalue weighted by Crippen LogP contribution is -2.22. The van der Waals surface area contributed by atoms with Gasteiger partial charge in [-0.1, -0.05) is 22.9 Å². The summed E-state index contributed by atoms with van der Waals surface area (Å²) in [5, 5.41) is 7.94. The van der Waals surface area contributed by atoms with Gasteiger partial charge in [0.15, 0.2) is 0 Å². The van der Waals surface area contributed by atoms with Crippen LogP contribution in [0.5, 0.6) is 5.75 Å². The van der Waals surface area contributed by atoms with Gasteiger partial charge in [-0.05, 0) is 65.5 Å². The van der Waals surface area contributed by atoms with Crippen LogP contribution in [0, 0.1) is 0 Å². The Morgan fingerprint density at radius 2 is 2.20 bits per heavy atom. The predicted octanol–water partition coefficient (Wildman–Crippen LogP) is 4.80.